The van der Waals surface area contributed by atoms with Crippen LogP contribution in [0.25, 0.3) is 11.1 Å². The van der Waals surface area contributed by atoms with Crippen LogP contribution in [-0.4, -0.2) is 14.2 Å². The summed E-state index contributed by atoms with van der Waals surface area (Å²) in [6.07, 6.45) is 0. The molecule has 8 heteroatoms. The summed E-state index contributed by atoms with van der Waals surface area (Å²) in [7, 11) is 2.97. The highest BCUT2D eigenvalue weighted by molar-refractivity contribution is 9.11. The lowest BCUT2D eigenvalue weighted by atomic mass is 10.1. The van der Waals surface area contributed by atoms with Crippen LogP contribution in [0.2, 0.25) is 0 Å². The average molecular weight is 546 g/mol. The molecule has 0 spiro atoms. The quantitative estimate of drug-likeness (QED) is 0.466. The van der Waals surface area contributed by atoms with Crippen molar-refractivity contribution in [2.45, 2.75) is 41.5 Å². The van der Waals surface area contributed by atoms with Crippen LogP contribution in [0.4, 0.5) is 0 Å². The Labute approximate surface area is 192 Å². The molecule has 6 nitrogen and oxygen atoms in total. The second-order valence-electron chi connectivity index (χ2n) is 6.59. The van der Waals surface area contributed by atoms with Gasteiger partial charge in [0.1, 0.15) is 11.5 Å². The van der Waals surface area contributed by atoms with E-state index in [0.29, 0.717) is 33.8 Å². The summed E-state index contributed by atoms with van der Waals surface area (Å²) in [5.74, 6) is 1.65. The fraction of sp³-hybridized carbons (Fsp3) is 0.364. The van der Waals surface area contributed by atoms with Crippen molar-refractivity contribution < 1.29 is 18.3 Å². The molecule has 2 rings (SSSR count). The first kappa shape index (κ1) is 26.0. The molecule has 0 saturated heterocycles. The summed E-state index contributed by atoms with van der Waals surface area (Å²) in [6.45, 7) is 10.6. The highest BCUT2D eigenvalue weighted by Crippen LogP contribution is 2.25. The highest BCUT2D eigenvalue weighted by Gasteiger charge is 2.15. The van der Waals surface area contributed by atoms with E-state index in [1.54, 1.807) is 37.7 Å². The topological polar surface area (TPSA) is 78.9 Å². The van der Waals surface area contributed by atoms with Crippen LogP contribution in [0.1, 0.15) is 47.6 Å². The number of ether oxygens (including phenoxy) is 2. The Kier molecular flexibility index (Phi) is 9.84. The molecule has 30 heavy (non-hydrogen) atoms. The van der Waals surface area contributed by atoms with Gasteiger partial charge in [0, 0.05) is 11.1 Å². The van der Waals surface area contributed by atoms with Crippen molar-refractivity contribution in [1.82, 2.24) is 0 Å². The highest BCUT2D eigenvalue weighted by atomic mass is 79.9. The second-order valence-corrected chi connectivity index (χ2v) is 7.50. The first-order valence-electron chi connectivity index (χ1n) is 8.96. The van der Waals surface area contributed by atoms with Gasteiger partial charge in [0.25, 0.3) is 11.9 Å². The van der Waals surface area contributed by atoms with Crippen molar-refractivity contribution in [1.29, 1.82) is 0 Å². The van der Waals surface area contributed by atoms with Gasteiger partial charge in [-0.3, -0.25) is 9.59 Å². The van der Waals surface area contributed by atoms with E-state index in [-0.39, 0.29) is 22.8 Å². The van der Waals surface area contributed by atoms with Crippen LogP contribution >= 0.6 is 31.9 Å². The van der Waals surface area contributed by atoms with Crippen molar-refractivity contribution in [3.8, 4) is 11.9 Å². The van der Waals surface area contributed by atoms with Gasteiger partial charge in [-0.2, -0.15) is 0 Å². The van der Waals surface area contributed by atoms with Crippen molar-refractivity contribution in [3.05, 3.63) is 64.2 Å². The summed E-state index contributed by atoms with van der Waals surface area (Å²) in [5.41, 5.74) is 3.82. The molecule has 0 radical (unpaired) electrons. The number of hydrogen-bond acceptors (Lipinski definition) is 6. The maximum atomic E-state index is 11.8. The lowest BCUT2D eigenvalue weighted by molar-refractivity contribution is 0.288. The fourth-order valence-corrected chi connectivity index (χ4v) is 3.10. The summed E-state index contributed by atoms with van der Waals surface area (Å²) < 4.78 is 21.0. The minimum Gasteiger partial charge on any atom is -0.468 e. The van der Waals surface area contributed by atoms with E-state index in [2.05, 4.69) is 31.9 Å². The molecule has 0 aliphatic rings. The Hall–Kier alpha value is -2.06. The molecule has 2 aromatic heterocycles. The van der Waals surface area contributed by atoms with E-state index < -0.39 is 0 Å². The van der Waals surface area contributed by atoms with Gasteiger partial charge in [0.15, 0.2) is 10.9 Å². The number of methoxy groups -OCH3 is 2. The van der Waals surface area contributed by atoms with Gasteiger partial charge < -0.3 is 18.3 Å². The minimum atomic E-state index is -0.0400. The maximum absolute atomic E-state index is 11.8. The third-order valence-electron chi connectivity index (χ3n) is 4.46. The van der Waals surface area contributed by atoms with Gasteiger partial charge in [-0.05, 0) is 62.7 Å². The Bertz CT molecular complexity index is 1000. The molecule has 0 atom stereocenters. The minimum absolute atomic E-state index is 0.0400. The number of hydrogen-bond donors (Lipinski definition) is 0. The van der Waals surface area contributed by atoms with Crippen LogP contribution in [-0.2, 0) is 0 Å². The molecule has 0 bridgehead atoms. The molecule has 0 N–H and O–H groups in total. The molecular formula is C22H26Br2O6. The molecule has 0 aliphatic carbocycles. The van der Waals surface area contributed by atoms with E-state index in [1.807, 2.05) is 13.8 Å². The summed E-state index contributed by atoms with van der Waals surface area (Å²) >= 11 is 6.42. The average Bonchev–Trinajstić information content (AvgIpc) is 2.75. The van der Waals surface area contributed by atoms with Gasteiger partial charge in [-0.1, -0.05) is 31.9 Å². The molecule has 0 saturated carbocycles. The van der Waals surface area contributed by atoms with Crippen LogP contribution < -0.4 is 20.3 Å². The van der Waals surface area contributed by atoms with E-state index in [1.165, 1.54) is 14.2 Å². The molecule has 2 heterocycles. The summed E-state index contributed by atoms with van der Waals surface area (Å²) in [5, 5.41) is 0. The molecule has 2 aromatic rings. The number of rotatable bonds is 4. The zero-order valence-corrected chi connectivity index (χ0v) is 21.5. The van der Waals surface area contributed by atoms with Gasteiger partial charge in [0.2, 0.25) is 0 Å². The van der Waals surface area contributed by atoms with Crippen LogP contribution in [0, 0.1) is 27.7 Å². The molecule has 0 aliphatic heterocycles. The smallest absolute Gasteiger partial charge is 0.291 e. The monoisotopic (exact) mass is 544 g/mol. The first-order valence-corrected chi connectivity index (χ1v) is 10.8. The van der Waals surface area contributed by atoms with Crippen molar-refractivity contribution >= 4 is 43.0 Å². The van der Waals surface area contributed by atoms with Crippen molar-refractivity contribution in [3.63, 3.8) is 0 Å². The van der Waals surface area contributed by atoms with Crippen LogP contribution in [0.5, 0.6) is 11.9 Å². The van der Waals surface area contributed by atoms with Crippen molar-refractivity contribution in [2.75, 3.05) is 14.2 Å². The second kappa shape index (κ2) is 11.4. The van der Waals surface area contributed by atoms with Crippen molar-refractivity contribution in [2.24, 2.45) is 0 Å². The number of halogens is 2. The predicted molar refractivity (Wildman–Crippen MR) is 127 cm³/mol. The van der Waals surface area contributed by atoms with Crippen LogP contribution in [0.3, 0.4) is 0 Å². The zero-order valence-electron chi connectivity index (χ0n) is 18.4. The van der Waals surface area contributed by atoms with E-state index in [4.69, 9.17) is 18.3 Å². The Morgan fingerprint density at radius 2 is 1.00 bits per heavy atom. The third kappa shape index (κ3) is 5.55. The SMILES string of the molecule is COc1oc(/C(C)=C/Br)c(C)c(=O)c1C.COc1oc(/C(C)=C/Br)c(C)c(=O)c1C. The zero-order chi connectivity index (χ0) is 23.2. The largest absolute Gasteiger partial charge is 0.468 e. The van der Waals surface area contributed by atoms with Crippen LogP contribution in [0.15, 0.2) is 28.4 Å². The standard InChI is InChI=1S/2C11H13BrO3/c2*1-6(5-12)10-7(2)9(13)8(3)11(14-4)15-10/h2*5H,1-4H3/b2*6-5+. The Balaban J connectivity index is 0.000000300. The van der Waals surface area contributed by atoms with Gasteiger partial charge in [0.05, 0.1) is 25.3 Å². The third-order valence-corrected chi connectivity index (χ3v) is 5.83. The maximum Gasteiger partial charge on any atom is 0.291 e. The van der Waals surface area contributed by atoms with E-state index in [0.717, 1.165) is 11.1 Å². The fourth-order valence-electron chi connectivity index (χ4n) is 2.69. The normalized spacial score (nSPS) is 11.7. The van der Waals surface area contributed by atoms with E-state index >= 15 is 0 Å². The molecule has 0 unspecified atom stereocenters. The molecule has 0 amide bonds. The lowest BCUT2D eigenvalue weighted by Gasteiger charge is -2.08. The Morgan fingerprint density at radius 3 is 1.23 bits per heavy atom. The molecule has 164 valence electrons. The first-order chi connectivity index (χ1) is 14.0. The summed E-state index contributed by atoms with van der Waals surface area (Å²) in [4.78, 5) is 27.0. The van der Waals surface area contributed by atoms with Gasteiger partial charge in [-0.15, -0.1) is 0 Å². The predicted octanol–water partition coefficient (Wildman–Crippen LogP) is 6.04. The summed E-state index contributed by atoms with van der Waals surface area (Å²) in [6, 6.07) is 0. The van der Waals surface area contributed by atoms with Gasteiger partial charge >= 0.3 is 0 Å². The van der Waals surface area contributed by atoms with Gasteiger partial charge in [-0.25, -0.2) is 0 Å². The Morgan fingerprint density at radius 1 is 0.700 bits per heavy atom. The lowest BCUT2D eigenvalue weighted by Crippen LogP contribution is -2.12. The molecule has 0 aromatic carbocycles. The molecule has 0 fully saturated rings. The van der Waals surface area contributed by atoms with E-state index in [9.17, 15) is 9.59 Å². The number of allylic oxidation sites excluding steroid dienone is 2. The molecular weight excluding hydrogens is 520 g/mol.